The van der Waals surface area contributed by atoms with E-state index in [1.165, 1.54) is 134 Å². The first kappa shape index (κ1) is 90.4. The van der Waals surface area contributed by atoms with Crippen molar-refractivity contribution in [1.82, 2.24) is 0 Å². The Labute approximate surface area is 591 Å². The van der Waals surface area contributed by atoms with E-state index in [-0.39, 0.29) is 12.8 Å². The first-order valence-electron chi connectivity index (χ1n) is 38.3. The third-order valence-corrected chi connectivity index (χ3v) is 19.7. The van der Waals surface area contributed by atoms with Gasteiger partial charge in [-0.3, -0.25) is 18.6 Å². The molecule has 2 saturated heterocycles. The van der Waals surface area contributed by atoms with Crippen LogP contribution in [0.5, 0.6) is 0 Å². The number of hydrogen-bond acceptors (Lipinski definition) is 23. The Morgan fingerprint density at radius 3 is 1.21 bits per heavy atom. The van der Waals surface area contributed by atoms with Gasteiger partial charge < -0.3 is 89.1 Å². The van der Waals surface area contributed by atoms with Crippen molar-refractivity contribution >= 4 is 25.7 Å². The van der Waals surface area contributed by atoms with Gasteiger partial charge in [0, 0.05) is 18.9 Å². The summed E-state index contributed by atoms with van der Waals surface area (Å²) in [6.45, 7) is 3.33. The second kappa shape index (κ2) is 55.6. The Kier molecular flexibility index (Phi) is 50.8. The molecule has 25 heteroatoms. The summed E-state index contributed by atoms with van der Waals surface area (Å²) in [6, 6.07) is 0. The number of carbonyl (C=O) groups is 3. The van der Waals surface area contributed by atoms with Gasteiger partial charge in [0.25, 0.3) is 0 Å². The fourth-order valence-electron chi connectivity index (χ4n) is 12.5. The van der Waals surface area contributed by atoms with Crippen molar-refractivity contribution < 1.29 is 117 Å². The van der Waals surface area contributed by atoms with E-state index in [0.29, 0.717) is 12.8 Å². The zero-order chi connectivity index (χ0) is 72.5. The van der Waals surface area contributed by atoms with Crippen LogP contribution in [-0.4, -0.2) is 204 Å². The highest BCUT2D eigenvalue weighted by Crippen LogP contribution is 2.49. The van der Waals surface area contributed by atoms with E-state index < -0.39 is 156 Å². The smallest absolute Gasteiger partial charge is 0.463 e. The molecule has 3 fully saturated rings. The number of allylic oxidation sites excluding steroid dienone is 5. The number of phosphoric acid groups is 1. The minimum atomic E-state index is -5.72. The van der Waals surface area contributed by atoms with Crippen LogP contribution in [0.3, 0.4) is 0 Å². The van der Waals surface area contributed by atoms with E-state index in [1.54, 1.807) is 6.08 Å². The second-order valence-corrected chi connectivity index (χ2v) is 28.8. The van der Waals surface area contributed by atoms with Gasteiger partial charge in [0.15, 0.2) is 18.7 Å². The molecule has 0 spiro atoms. The first-order chi connectivity index (χ1) is 47.8. The molecule has 11 N–H and O–H groups in total. The molecule has 24 nitrogen and oxygen atoms in total. The number of ether oxygens (including phenoxy) is 7. The maximum atomic E-state index is 14.3. The van der Waals surface area contributed by atoms with Gasteiger partial charge in [0.05, 0.1) is 13.2 Å². The molecular formula is C74H133O24P. The van der Waals surface area contributed by atoms with Gasteiger partial charge in [-0.2, -0.15) is 0 Å². The number of phosphoric ester groups is 1. The number of aliphatic hydroxyl groups excluding tert-OH is 10. The number of carbonyl (C=O) groups excluding carboxylic acids is 3. The van der Waals surface area contributed by atoms with Crippen LogP contribution in [0, 0.1) is 0 Å². The second-order valence-electron chi connectivity index (χ2n) is 27.4. The highest BCUT2D eigenvalue weighted by molar-refractivity contribution is 7.47. The van der Waals surface area contributed by atoms with Crippen LogP contribution in [0.1, 0.15) is 284 Å². The lowest BCUT2D eigenvalue weighted by atomic mass is 9.84. The molecular weight excluding hydrogens is 1300 g/mol. The summed E-state index contributed by atoms with van der Waals surface area (Å²) in [4.78, 5) is 50.9. The van der Waals surface area contributed by atoms with Crippen molar-refractivity contribution in [2.75, 3.05) is 26.4 Å². The normalized spacial score (nSPS) is 27.7. The van der Waals surface area contributed by atoms with Crippen LogP contribution in [0.15, 0.2) is 36.5 Å². The third-order valence-electron chi connectivity index (χ3n) is 18.8. The first-order valence-corrected chi connectivity index (χ1v) is 39.8. The molecule has 1 saturated carbocycles. The van der Waals surface area contributed by atoms with Crippen LogP contribution in [-0.2, 0) is 61.2 Å². The molecule has 18 atom stereocenters. The van der Waals surface area contributed by atoms with Crippen molar-refractivity contribution in [3.05, 3.63) is 36.5 Å². The molecule has 2 heterocycles. The fourth-order valence-corrected chi connectivity index (χ4v) is 13.4. The van der Waals surface area contributed by atoms with E-state index in [9.17, 15) is 74.9 Å². The van der Waals surface area contributed by atoms with Crippen LogP contribution < -0.4 is 0 Å². The zero-order valence-electron chi connectivity index (χ0n) is 60.3. The summed E-state index contributed by atoms with van der Waals surface area (Å²) < 4.78 is 64.8. The fraction of sp³-hybridized carbons (Fsp3) is 0.878. The van der Waals surface area contributed by atoms with Gasteiger partial charge in [-0.05, 0) is 51.4 Å². The topological polar surface area (TPSA) is 374 Å². The summed E-state index contributed by atoms with van der Waals surface area (Å²) in [5, 5.41) is 110. The van der Waals surface area contributed by atoms with Crippen molar-refractivity contribution in [2.24, 2.45) is 0 Å². The zero-order valence-corrected chi connectivity index (χ0v) is 61.2. The number of hydrogen-bond donors (Lipinski definition) is 11. The average Bonchev–Trinajstić information content (AvgIpc) is 0.763. The van der Waals surface area contributed by atoms with Gasteiger partial charge in [-0.25, -0.2) is 9.36 Å². The minimum Gasteiger partial charge on any atom is -0.463 e. The van der Waals surface area contributed by atoms with E-state index in [0.717, 1.165) is 115 Å². The Balaban J connectivity index is 1.75. The van der Waals surface area contributed by atoms with Crippen LogP contribution in [0.25, 0.3) is 0 Å². The third kappa shape index (κ3) is 38.7. The number of aliphatic hydroxyl groups is 10. The van der Waals surface area contributed by atoms with Crippen LogP contribution >= 0.6 is 7.82 Å². The molecule has 99 heavy (non-hydrogen) atoms. The lowest BCUT2D eigenvalue weighted by Crippen LogP contribution is -2.69. The molecule has 0 radical (unpaired) electrons. The van der Waals surface area contributed by atoms with Crippen molar-refractivity contribution in [3.63, 3.8) is 0 Å². The Morgan fingerprint density at radius 1 is 0.414 bits per heavy atom. The Morgan fingerprint density at radius 2 is 0.778 bits per heavy atom. The molecule has 0 aromatic rings. The quantitative estimate of drug-likeness (QED) is 0.00512. The number of rotatable bonds is 59. The molecule has 0 aromatic carbocycles. The maximum Gasteiger partial charge on any atom is 0.472 e. The standard InChI is InChI=1S/C74H133O24P/c1-4-7-10-13-16-19-22-25-28-31-34-37-40-43-46-49-59(77)91-54-57-62(80)64(82)69(87)74(95-57)97-71-67(85)65(83)66(84)70(96-73-68(86)63(81)61(79)56(51-75)94-73)72(71)98-99(88,89)92-53-55(52-90-58(76)48-45-42-39-36-33-30-27-24-21-18-15-12-9-6-3)93-60(78)50-47-44-41-38-35-32-29-26-23-20-17-14-11-8-5-2/h19,22,41,44,47,50,55-57,61-75,79-87H,4-18,20-21,23-40,42-43,45-46,48-49,51-54H2,1-3H3,(H,88,89)/b22-19-,44-41+,50-47+. The van der Waals surface area contributed by atoms with Crippen LogP contribution in [0.2, 0.25) is 0 Å². The predicted octanol–water partition coefficient (Wildman–Crippen LogP) is 10.7. The van der Waals surface area contributed by atoms with Crippen LogP contribution in [0.4, 0.5) is 0 Å². The monoisotopic (exact) mass is 1440 g/mol. The molecule has 18 unspecified atom stereocenters. The molecule has 0 aromatic heterocycles. The predicted molar refractivity (Wildman–Crippen MR) is 374 cm³/mol. The van der Waals surface area contributed by atoms with Crippen molar-refractivity contribution in [2.45, 2.75) is 388 Å². The molecule has 1 aliphatic carbocycles. The minimum absolute atomic E-state index is 0.0195. The number of unbranched alkanes of at least 4 members (excludes halogenated alkanes) is 35. The highest BCUT2D eigenvalue weighted by Gasteiger charge is 2.58. The molecule has 3 aliphatic rings. The molecule has 2 aliphatic heterocycles. The number of esters is 3. The summed E-state index contributed by atoms with van der Waals surface area (Å²) in [7, 11) is -5.72. The van der Waals surface area contributed by atoms with Gasteiger partial charge in [0.2, 0.25) is 0 Å². The average molecular weight is 1440 g/mol. The largest absolute Gasteiger partial charge is 0.472 e. The van der Waals surface area contributed by atoms with E-state index in [2.05, 4.69) is 32.9 Å². The van der Waals surface area contributed by atoms with Crippen molar-refractivity contribution in [1.29, 1.82) is 0 Å². The SMILES string of the molecule is CCCCCC/C=C\CCCCCCCCCC(=O)OCC1OC(OC2C(O)C(O)C(O)C(OC3OC(CO)C(O)C(O)C3O)C2OP(=O)(O)OCC(COC(=O)CCCCCCCCCCCCCCCC)OC(=O)/C=C/C=C/CCCCCCCCCCCCC)C(O)C(O)C1O. The molecule has 0 bridgehead atoms. The van der Waals surface area contributed by atoms with E-state index in [4.69, 9.17) is 42.2 Å². The van der Waals surface area contributed by atoms with Gasteiger partial charge in [0.1, 0.15) is 98.7 Å². The van der Waals surface area contributed by atoms with Crippen molar-refractivity contribution in [3.8, 4) is 0 Å². The lowest BCUT2D eigenvalue weighted by molar-refractivity contribution is -0.360. The summed E-state index contributed by atoms with van der Waals surface area (Å²) >= 11 is 0. The van der Waals surface area contributed by atoms with Gasteiger partial charge >= 0.3 is 25.7 Å². The molecule has 0 amide bonds. The summed E-state index contributed by atoms with van der Waals surface area (Å²) in [5.41, 5.74) is 0. The van der Waals surface area contributed by atoms with Gasteiger partial charge in [-0.1, -0.05) is 250 Å². The Bertz CT molecular complexity index is 2190. The molecule has 3 rings (SSSR count). The van der Waals surface area contributed by atoms with E-state index >= 15 is 0 Å². The maximum absolute atomic E-state index is 14.3. The van der Waals surface area contributed by atoms with Gasteiger partial charge in [-0.15, -0.1) is 0 Å². The highest BCUT2D eigenvalue weighted by atomic mass is 31.2. The Hall–Kier alpha value is -2.82. The van der Waals surface area contributed by atoms with E-state index in [1.807, 2.05) is 6.08 Å². The lowest BCUT2D eigenvalue weighted by Gasteiger charge is -2.49. The summed E-state index contributed by atoms with van der Waals surface area (Å²) in [5.74, 6) is -2.25. The summed E-state index contributed by atoms with van der Waals surface area (Å²) in [6.07, 6.45) is 18.4. The molecule has 578 valence electrons.